The topological polar surface area (TPSA) is 85.4 Å². The fraction of sp³-hybridized carbons (Fsp3) is 0.333. The molecular weight excluding hydrogens is 318 g/mol. The number of amides is 2. The quantitative estimate of drug-likeness (QED) is 0.787. The summed E-state index contributed by atoms with van der Waals surface area (Å²) in [5, 5.41) is 0. The number of rotatable bonds is 4. The van der Waals surface area contributed by atoms with Crippen LogP contribution in [0.2, 0.25) is 0 Å². The van der Waals surface area contributed by atoms with Gasteiger partial charge in [-0.05, 0) is 24.3 Å². The average molecular weight is 330 g/mol. The zero-order valence-corrected chi connectivity index (χ0v) is 12.2. The molecule has 10 heteroatoms. The first-order chi connectivity index (χ1) is 10.5. The Bertz CT molecular complexity index is 622. The third-order valence-corrected chi connectivity index (χ3v) is 5.52. The van der Waals surface area contributed by atoms with Crippen molar-refractivity contribution in [2.75, 3.05) is 26.3 Å². The molecule has 1 aromatic carbocycles. The van der Waals surface area contributed by atoms with Crippen molar-refractivity contribution in [2.45, 2.75) is 0 Å². The summed E-state index contributed by atoms with van der Waals surface area (Å²) in [5.74, 6) is -0.438. The number of nitrogens with zero attached hydrogens (tertiary/aromatic N) is 2. The van der Waals surface area contributed by atoms with Gasteiger partial charge in [-0.3, -0.25) is 0 Å². The van der Waals surface area contributed by atoms with Gasteiger partial charge < -0.3 is 14.0 Å². The average Bonchev–Trinajstić information content (AvgIpc) is 3.10. The van der Waals surface area contributed by atoms with Crippen LogP contribution in [0.5, 0.6) is 5.75 Å². The highest BCUT2D eigenvalue weighted by Crippen LogP contribution is 2.56. The Labute approximate surface area is 124 Å². The number of ether oxygens (including phenoxy) is 2. The molecule has 0 aromatic heterocycles. The first-order valence-electron chi connectivity index (χ1n) is 6.45. The SMILES string of the molecule is O=C1OCCN1P(=O)(Oc1ccc(F)cc1)N1CCOC1=O. The van der Waals surface area contributed by atoms with E-state index < -0.39 is 25.7 Å². The van der Waals surface area contributed by atoms with E-state index in [0.29, 0.717) is 0 Å². The minimum absolute atomic E-state index is 0.0150. The predicted molar refractivity (Wildman–Crippen MR) is 70.7 cm³/mol. The molecule has 0 saturated carbocycles. The van der Waals surface area contributed by atoms with Crippen molar-refractivity contribution in [3.8, 4) is 5.75 Å². The van der Waals surface area contributed by atoms with Gasteiger partial charge in [0, 0.05) is 0 Å². The van der Waals surface area contributed by atoms with Gasteiger partial charge in [0.15, 0.2) is 0 Å². The van der Waals surface area contributed by atoms with Crippen molar-refractivity contribution in [1.29, 1.82) is 0 Å². The smallest absolute Gasteiger partial charge is 0.447 e. The molecule has 2 saturated heterocycles. The van der Waals surface area contributed by atoms with Gasteiger partial charge >= 0.3 is 19.9 Å². The zero-order chi connectivity index (χ0) is 15.7. The Hall–Kier alpha value is -2.28. The summed E-state index contributed by atoms with van der Waals surface area (Å²) in [5.41, 5.74) is 0. The Kier molecular flexibility index (Phi) is 3.66. The van der Waals surface area contributed by atoms with E-state index in [4.69, 9.17) is 14.0 Å². The fourth-order valence-electron chi connectivity index (χ4n) is 2.09. The molecule has 0 radical (unpaired) electrons. The van der Waals surface area contributed by atoms with Crippen LogP contribution < -0.4 is 4.52 Å². The normalized spacial score (nSPS) is 18.4. The summed E-state index contributed by atoms with van der Waals surface area (Å²) in [4.78, 5) is 23.5. The zero-order valence-electron chi connectivity index (χ0n) is 11.3. The molecule has 118 valence electrons. The molecule has 0 atom stereocenters. The van der Waals surface area contributed by atoms with E-state index in [2.05, 4.69) is 0 Å². The van der Waals surface area contributed by atoms with Crippen molar-refractivity contribution in [1.82, 2.24) is 9.34 Å². The highest BCUT2D eigenvalue weighted by Gasteiger charge is 2.51. The lowest BCUT2D eigenvalue weighted by Gasteiger charge is -2.30. The molecule has 0 aliphatic carbocycles. The number of carbonyl (C=O) groups excluding carboxylic acids is 2. The van der Waals surface area contributed by atoms with E-state index in [1.165, 1.54) is 12.1 Å². The second kappa shape index (κ2) is 5.49. The molecule has 2 heterocycles. The molecule has 0 unspecified atom stereocenters. The highest BCUT2D eigenvalue weighted by atomic mass is 31.2. The van der Waals surface area contributed by atoms with E-state index in [1.54, 1.807) is 0 Å². The molecular formula is C12H12FN2O6P. The molecule has 2 aliphatic heterocycles. The number of carbonyl (C=O) groups is 2. The lowest BCUT2D eigenvalue weighted by atomic mass is 10.3. The van der Waals surface area contributed by atoms with E-state index in [0.717, 1.165) is 21.5 Å². The summed E-state index contributed by atoms with van der Waals surface area (Å²) in [6.07, 6.45) is -1.68. The number of benzene rings is 1. The molecule has 2 fully saturated rings. The molecule has 0 bridgehead atoms. The molecule has 1 aromatic rings. The van der Waals surface area contributed by atoms with E-state index in [-0.39, 0.29) is 32.1 Å². The van der Waals surface area contributed by atoms with E-state index in [9.17, 15) is 18.5 Å². The Morgan fingerprint density at radius 3 is 1.91 bits per heavy atom. The van der Waals surface area contributed by atoms with Crippen LogP contribution in [0.25, 0.3) is 0 Å². The number of hydrogen-bond acceptors (Lipinski definition) is 6. The third kappa shape index (κ3) is 2.48. The van der Waals surface area contributed by atoms with Crippen molar-refractivity contribution >= 4 is 19.9 Å². The van der Waals surface area contributed by atoms with Gasteiger partial charge in [0.1, 0.15) is 24.8 Å². The number of halogens is 1. The summed E-state index contributed by atoms with van der Waals surface area (Å²) in [7, 11) is -4.07. The van der Waals surface area contributed by atoms with Gasteiger partial charge in [0.05, 0.1) is 13.1 Å². The maximum atomic E-state index is 13.2. The van der Waals surface area contributed by atoms with Crippen LogP contribution in [-0.2, 0) is 14.0 Å². The van der Waals surface area contributed by atoms with Crippen LogP contribution in [0.1, 0.15) is 0 Å². The predicted octanol–water partition coefficient (Wildman–Crippen LogP) is 2.22. The second-order valence-electron chi connectivity index (χ2n) is 4.51. The van der Waals surface area contributed by atoms with E-state index in [1.807, 2.05) is 0 Å². The van der Waals surface area contributed by atoms with Crippen LogP contribution >= 0.6 is 7.67 Å². The van der Waals surface area contributed by atoms with Gasteiger partial charge in [-0.25, -0.2) is 27.9 Å². The van der Waals surface area contributed by atoms with Crippen LogP contribution in [0.4, 0.5) is 14.0 Å². The number of hydrogen-bond donors (Lipinski definition) is 0. The second-order valence-corrected chi connectivity index (χ2v) is 6.64. The first-order valence-corrected chi connectivity index (χ1v) is 7.98. The maximum Gasteiger partial charge on any atom is 0.459 e. The lowest BCUT2D eigenvalue weighted by molar-refractivity contribution is 0.161. The maximum absolute atomic E-state index is 13.2. The minimum Gasteiger partial charge on any atom is -0.447 e. The van der Waals surface area contributed by atoms with Crippen molar-refractivity contribution in [3.63, 3.8) is 0 Å². The summed E-state index contributed by atoms with van der Waals surface area (Å²) >= 11 is 0. The van der Waals surface area contributed by atoms with Crippen LogP contribution in [0.15, 0.2) is 24.3 Å². The van der Waals surface area contributed by atoms with Gasteiger partial charge in [-0.15, -0.1) is 0 Å². The van der Waals surface area contributed by atoms with Crippen molar-refractivity contribution in [3.05, 3.63) is 30.1 Å². The van der Waals surface area contributed by atoms with Crippen LogP contribution in [0, 0.1) is 5.82 Å². The Morgan fingerprint density at radius 1 is 1.00 bits per heavy atom. The van der Waals surface area contributed by atoms with Gasteiger partial charge in [0.25, 0.3) is 0 Å². The molecule has 22 heavy (non-hydrogen) atoms. The van der Waals surface area contributed by atoms with E-state index >= 15 is 0 Å². The standard InChI is InChI=1S/C12H12FN2O6P/c13-9-1-3-10(4-2-9)21-22(18,14-5-7-19-11(14)16)15-6-8-20-12(15)17/h1-4H,5-8H2. The van der Waals surface area contributed by atoms with Gasteiger partial charge in [0.2, 0.25) is 0 Å². The lowest BCUT2D eigenvalue weighted by Crippen LogP contribution is -2.35. The van der Waals surface area contributed by atoms with Crippen molar-refractivity contribution < 1.29 is 32.5 Å². The molecule has 3 rings (SSSR count). The third-order valence-electron chi connectivity index (χ3n) is 3.13. The number of cyclic esters (lactones) is 2. The first kappa shape index (κ1) is 14.6. The molecule has 8 nitrogen and oxygen atoms in total. The minimum atomic E-state index is -4.07. The monoisotopic (exact) mass is 330 g/mol. The largest absolute Gasteiger partial charge is 0.459 e. The summed E-state index contributed by atoms with van der Waals surface area (Å²) < 4.78 is 42.8. The molecule has 2 aliphatic rings. The Morgan fingerprint density at radius 2 is 1.50 bits per heavy atom. The van der Waals surface area contributed by atoms with Gasteiger partial charge in [-0.1, -0.05) is 0 Å². The highest BCUT2D eigenvalue weighted by molar-refractivity contribution is 7.55. The van der Waals surface area contributed by atoms with Crippen LogP contribution in [0.3, 0.4) is 0 Å². The summed E-state index contributed by atoms with van der Waals surface area (Å²) in [6, 6.07) is 4.74. The molecule has 0 N–H and O–H groups in total. The Balaban J connectivity index is 1.95. The van der Waals surface area contributed by atoms with Gasteiger partial charge in [-0.2, -0.15) is 0 Å². The molecule has 2 amide bonds. The van der Waals surface area contributed by atoms with Crippen LogP contribution in [-0.4, -0.2) is 47.8 Å². The summed E-state index contributed by atoms with van der Waals surface area (Å²) in [6.45, 7) is 0.110. The fourth-order valence-corrected chi connectivity index (χ4v) is 4.14. The molecule has 0 spiro atoms. The van der Waals surface area contributed by atoms with Crippen molar-refractivity contribution in [2.24, 2.45) is 0 Å².